The molecule has 2 N–H and O–H groups in total. The van der Waals surface area contributed by atoms with E-state index < -0.39 is 33.8 Å². The number of halogens is 1. The summed E-state index contributed by atoms with van der Waals surface area (Å²) in [4.78, 5) is 31.8. The minimum absolute atomic E-state index is 0.169. The smallest absolute Gasteiger partial charge is 0.337 e. The molecule has 0 saturated heterocycles. The van der Waals surface area contributed by atoms with E-state index in [-0.39, 0.29) is 11.1 Å². The van der Waals surface area contributed by atoms with Crippen molar-refractivity contribution in [1.29, 1.82) is 0 Å². The molecule has 2 unspecified atom stereocenters. The van der Waals surface area contributed by atoms with Gasteiger partial charge < -0.3 is 10.2 Å². The van der Waals surface area contributed by atoms with Crippen LogP contribution in [-0.4, -0.2) is 26.9 Å². The number of hydrogen-bond acceptors (Lipinski definition) is 5. The van der Waals surface area contributed by atoms with Crippen LogP contribution >= 0.6 is 11.6 Å². The highest BCUT2D eigenvalue weighted by atomic mass is 35.5. The molecule has 0 aliphatic carbocycles. The Hall–Kier alpha value is -1.99. The number of nitro benzene ring substituents is 1. The van der Waals surface area contributed by atoms with Crippen LogP contribution in [0.25, 0.3) is 0 Å². The Morgan fingerprint density at radius 3 is 2.42 bits per heavy atom. The predicted molar refractivity (Wildman–Crippen MR) is 65.0 cm³/mol. The Morgan fingerprint density at radius 1 is 1.42 bits per heavy atom. The largest absolute Gasteiger partial charge is 0.479 e. The van der Waals surface area contributed by atoms with E-state index >= 15 is 0 Å². The van der Waals surface area contributed by atoms with Crippen LogP contribution in [-0.2, 0) is 9.59 Å². The van der Waals surface area contributed by atoms with Crippen LogP contribution in [0.5, 0.6) is 0 Å². The van der Waals surface area contributed by atoms with Gasteiger partial charge in [-0.25, -0.2) is 4.79 Å². The van der Waals surface area contributed by atoms with Gasteiger partial charge in [0, 0.05) is 6.07 Å². The third-order valence-electron chi connectivity index (χ3n) is 2.43. The molecule has 0 heterocycles. The molecule has 102 valence electrons. The number of hydrogen-bond donors (Lipinski definition) is 2. The SMILES string of the molecule is CC(=O)C(Cl)c1ccc(C(O)C(=O)O)c([N+](=O)[O-])c1. The average molecular weight is 288 g/mol. The molecule has 0 spiro atoms. The van der Waals surface area contributed by atoms with Crippen LogP contribution in [0.3, 0.4) is 0 Å². The number of aliphatic hydroxyl groups excluding tert-OH is 1. The molecular formula is C11H10ClNO6. The van der Waals surface area contributed by atoms with Gasteiger partial charge in [-0.1, -0.05) is 6.07 Å². The van der Waals surface area contributed by atoms with Crippen LogP contribution in [0.2, 0.25) is 0 Å². The van der Waals surface area contributed by atoms with Crippen molar-refractivity contribution in [1.82, 2.24) is 0 Å². The third-order valence-corrected chi connectivity index (χ3v) is 2.99. The zero-order valence-corrected chi connectivity index (χ0v) is 10.5. The summed E-state index contributed by atoms with van der Waals surface area (Å²) in [6.07, 6.45) is -2.01. The first-order valence-corrected chi connectivity index (χ1v) is 5.53. The fourth-order valence-electron chi connectivity index (χ4n) is 1.48. The minimum atomic E-state index is -2.01. The standard InChI is InChI=1S/C11H10ClNO6/c1-5(14)9(12)6-2-3-7(10(15)11(16)17)8(4-6)13(18)19/h2-4,9-10,15H,1H3,(H,16,17). The van der Waals surface area contributed by atoms with Crippen molar-refractivity contribution in [3.8, 4) is 0 Å². The van der Waals surface area contributed by atoms with Crippen molar-refractivity contribution in [2.45, 2.75) is 18.4 Å². The maximum Gasteiger partial charge on any atom is 0.337 e. The lowest BCUT2D eigenvalue weighted by Gasteiger charge is -2.10. The number of aliphatic hydroxyl groups is 1. The summed E-state index contributed by atoms with van der Waals surface area (Å²) >= 11 is 5.76. The first-order chi connectivity index (χ1) is 8.75. The molecule has 8 heteroatoms. The van der Waals surface area contributed by atoms with Gasteiger partial charge in [-0.2, -0.15) is 0 Å². The van der Waals surface area contributed by atoms with E-state index in [2.05, 4.69) is 0 Å². The summed E-state index contributed by atoms with van der Waals surface area (Å²) in [5.74, 6) is -2.01. The summed E-state index contributed by atoms with van der Waals surface area (Å²) in [6, 6.07) is 3.33. The zero-order valence-electron chi connectivity index (χ0n) is 9.74. The molecule has 0 aliphatic rings. The number of nitrogens with zero attached hydrogens (tertiary/aromatic N) is 1. The van der Waals surface area contributed by atoms with Crippen LogP contribution in [0, 0.1) is 10.1 Å². The van der Waals surface area contributed by atoms with Gasteiger partial charge in [0.05, 0.1) is 10.5 Å². The van der Waals surface area contributed by atoms with Crippen LogP contribution in [0.15, 0.2) is 18.2 Å². The van der Waals surface area contributed by atoms with Gasteiger partial charge in [-0.15, -0.1) is 11.6 Å². The van der Waals surface area contributed by atoms with E-state index in [1.807, 2.05) is 0 Å². The number of nitro groups is 1. The van der Waals surface area contributed by atoms with Crippen LogP contribution < -0.4 is 0 Å². The van der Waals surface area contributed by atoms with E-state index in [0.29, 0.717) is 0 Å². The number of rotatable bonds is 5. The minimum Gasteiger partial charge on any atom is -0.479 e. The second-order valence-electron chi connectivity index (χ2n) is 3.79. The molecular weight excluding hydrogens is 278 g/mol. The summed E-state index contributed by atoms with van der Waals surface area (Å²) in [5.41, 5.74) is -0.796. The quantitative estimate of drug-likeness (QED) is 0.482. The number of ketones is 1. The number of carbonyl (C=O) groups is 2. The van der Waals surface area contributed by atoms with Gasteiger partial charge in [0.15, 0.2) is 11.9 Å². The average Bonchev–Trinajstić information content (AvgIpc) is 2.35. The highest BCUT2D eigenvalue weighted by Crippen LogP contribution is 2.31. The Morgan fingerprint density at radius 2 is 2.00 bits per heavy atom. The molecule has 0 fully saturated rings. The summed E-state index contributed by atoms with van der Waals surface area (Å²) < 4.78 is 0. The van der Waals surface area contributed by atoms with Crippen molar-refractivity contribution in [3.05, 3.63) is 39.4 Å². The van der Waals surface area contributed by atoms with E-state index in [0.717, 1.165) is 12.1 Å². The Bertz CT molecular complexity index is 544. The Balaban J connectivity index is 3.34. The zero-order chi connectivity index (χ0) is 14.7. The van der Waals surface area contributed by atoms with Crippen LogP contribution in [0.4, 0.5) is 5.69 Å². The maximum absolute atomic E-state index is 11.1. The molecule has 1 rings (SSSR count). The Labute approximate surface area is 112 Å². The summed E-state index contributed by atoms with van der Waals surface area (Å²) in [5, 5.41) is 27.8. The molecule has 0 aliphatic heterocycles. The molecule has 0 bridgehead atoms. The van der Waals surface area contributed by atoms with Crippen molar-refractivity contribution >= 4 is 29.0 Å². The molecule has 7 nitrogen and oxygen atoms in total. The highest BCUT2D eigenvalue weighted by molar-refractivity contribution is 6.30. The fourth-order valence-corrected chi connectivity index (χ4v) is 1.61. The van der Waals surface area contributed by atoms with Crippen molar-refractivity contribution in [2.24, 2.45) is 0 Å². The van der Waals surface area contributed by atoms with Gasteiger partial charge in [-0.3, -0.25) is 14.9 Å². The fraction of sp³-hybridized carbons (Fsp3) is 0.273. The van der Waals surface area contributed by atoms with Gasteiger partial charge in [0.25, 0.3) is 5.69 Å². The van der Waals surface area contributed by atoms with Crippen LogP contribution in [0.1, 0.15) is 29.5 Å². The van der Waals surface area contributed by atoms with E-state index in [9.17, 15) is 24.8 Å². The highest BCUT2D eigenvalue weighted by Gasteiger charge is 2.27. The van der Waals surface area contributed by atoms with Crippen molar-refractivity contribution < 1.29 is 24.7 Å². The molecule has 0 aromatic heterocycles. The lowest BCUT2D eigenvalue weighted by molar-refractivity contribution is -0.386. The molecule has 1 aromatic rings. The molecule has 2 atom stereocenters. The van der Waals surface area contributed by atoms with E-state index in [1.165, 1.54) is 13.0 Å². The second-order valence-corrected chi connectivity index (χ2v) is 4.23. The monoisotopic (exact) mass is 287 g/mol. The first-order valence-electron chi connectivity index (χ1n) is 5.09. The maximum atomic E-state index is 11.1. The van der Waals surface area contributed by atoms with E-state index in [4.69, 9.17) is 16.7 Å². The number of Topliss-reactive ketones (excluding diaryl/α,β-unsaturated/α-hetero) is 1. The number of aliphatic carboxylic acids is 1. The van der Waals surface area contributed by atoms with Crippen molar-refractivity contribution in [3.63, 3.8) is 0 Å². The second kappa shape index (κ2) is 5.77. The molecule has 1 aromatic carbocycles. The first kappa shape index (κ1) is 15.1. The van der Waals surface area contributed by atoms with Gasteiger partial charge in [-0.05, 0) is 18.6 Å². The molecule has 0 radical (unpaired) electrons. The lowest BCUT2D eigenvalue weighted by atomic mass is 10.0. The Kier molecular flexibility index (Phi) is 4.57. The van der Waals surface area contributed by atoms with E-state index in [1.54, 1.807) is 0 Å². The molecule has 0 amide bonds. The lowest BCUT2D eigenvalue weighted by Crippen LogP contribution is -2.13. The third kappa shape index (κ3) is 3.27. The van der Waals surface area contributed by atoms with Crippen molar-refractivity contribution in [2.75, 3.05) is 0 Å². The normalized spacial score (nSPS) is 13.6. The van der Waals surface area contributed by atoms with Gasteiger partial charge >= 0.3 is 5.97 Å². The number of carbonyl (C=O) groups excluding carboxylic acids is 1. The number of carboxylic acids is 1. The van der Waals surface area contributed by atoms with Gasteiger partial charge in [0.2, 0.25) is 0 Å². The topological polar surface area (TPSA) is 118 Å². The van der Waals surface area contributed by atoms with Gasteiger partial charge in [0.1, 0.15) is 5.38 Å². The molecule has 19 heavy (non-hydrogen) atoms. The summed E-state index contributed by atoms with van der Waals surface area (Å²) in [6.45, 7) is 1.23. The summed E-state index contributed by atoms with van der Waals surface area (Å²) in [7, 11) is 0. The number of alkyl halides is 1. The number of carboxylic acid groups (broad SMARTS) is 1. The number of benzene rings is 1. The predicted octanol–water partition coefficient (Wildman–Crippen LogP) is 1.58. The molecule has 0 saturated carbocycles.